The highest BCUT2D eigenvalue weighted by molar-refractivity contribution is 7.87. The molecular formula is C25H35N5O3S. The Labute approximate surface area is 202 Å². The molecule has 0 spiro atoms. The van der Waals surface area contributed by atoms with Crippen LogP contribution in [0.25, 0.3) is 22.0 Å². The highest BCUT2D eigenvalue weighted by Crippen LogP contribution is 2.30. The van der Waals surface area contributed by atoms with Crippen LogP contribution in [-0.4, -0.2) is 69.2 Å². The van der Waals surface area contributed by atoms with Gasteiger partial charge in [-0.15, -0.1) is 0 Å². The third kappa shape index (κ3) is 5.60. The summed E-state index contributed by atoms with van der Waals surface area (Å²) in [6, 6.07) is 10.8. The van der Waals surface area contributed by atoms with E-state index in [0.29, 0.717) is 18.9 Å². The molecule has 1 saturated heterocycles. The molecule has 8 nitrogen and oxygen atoms in total. The van der Waals surface area contributed by atoms with Crippen LogP contribution in [0.15, 0.2) is 42.7 Å². The van der Waals surface area contributed by atoms with Crippen molar-refractivity contribution in [3.05, 3.63) is 48.3 Å². The maximum Gasteiger partial charge on any atom is 0.278 e. The van der Waals surface area contributed by atoms with E-state index in [2.05, 4.69) is 69.5 Å². The van der Waals surface area contributed by atoms with Crippen molar-refractivity contribution in [1.29, 1.82) is 0 Å². The fourth-order valence-electron chi connectivity index (χ4n) is 4.30. The molecule has 0 unspecified atom stereocenters. The lowest BCUT2D eigenvalue weighted by atomic mass is 10.0. The van der Waals surface area contributed by atoms with Gasteiger partial charge in [0, 0.05) is 63.6 Å². The Morgan fingerprint density at radius 2 is 1.85 bits per heavy atom. The first-order chi connectivity index (χ1) is 16.2. The summed E-state index contributed by atoms with van der Waals surface area (Å²) in [6.45, 7) is 8.84. The highest BCUT2D eigenvalue weighted by Gasteiger charge is 2.16. The molecular weight excluding hydrogens is 450 g/mol. The summed E-state index contributed by atoms with van der Waals surface area (Å²) in [5, 5.41) is 1.16. The Morgan fingerprint density at radius 3 is 2.56 bits per heavy atom. The van der Waals surface area contributed by atoms with Gasteiger partial charge in [0.1, 0.15) is 5.82 Å². The maximum absolute atomic E-state index is 12.1. The SMILES string of the molecule is CC(C)Cn1cc(CCNS(=O)(=O)N(C)C)c2ccc(-c3ccnc(N4CCOCC4)c3)cc21. The summed E-state index contributed by atoms with van der Waals surface area (Å²) in [5.74, 6) is 1.47. The number of benzene rings is 1. The summed E-state index contributed by atoms with van der Waals surface area (Å²) in [4.78, 5) is 6.85. The highest BCUT2D eigenvalue weighted by atomic mass is 32.2. The van der Waals surface area contributed by atoms with Gasteiger partial charge in [-0.1, -0.05) is 26.0 Å². The van der Waals surface area contributed by atoms with Crippen LogP contribution in [0.3, 0.4) is 0 Å². The van der Waals surface area contributed by atoms with Crippen LogP contribution in [0.5, 0.6) is 0 Å². The monoisotopic (exact) mass is 485 g/mol. The van der Waals surface area contributed by atoms with Crippen molar-refractivity contribution in [3.8, 4) is 11.1 Å². The number of ether oxygens (including phenoxy) is 1. The Kier molecular flexibility index (Phi) is 7.57. The number of anilines is 1. The zero-order chi connectivity index (χ0) is 24.3. The van der Waals surface area contributed by atoms with Crippen molar-refractivity contribution in [2.45, 2.75) is 26.8 Å². The Hall–Kier alpha value is -2.46. The van der Waals surface area contributed by atoms with Gasteiger partial charge in [0.15, 0.2) is 0 Å². The van der Waals surface area contributed by atoms with Crippen molar-refractivity contribution < 1.29 is 13.2 Å². The maximum atomic E-state index is 12.1. The lowest BCUT2D eigenvalue weighted by molar-refractivity contribution is 0.122. The van der Waals surface area contributed by atoms with Crippen LogP contribution >= 0.6 is 0 Å². The van der Waals surface area contributed by atoms with Gasteiger partial charge in [0.25, 0.3) is 10.2 Å². The molecule has 34 heavy (non-hydrogen) atoms. The number of hydrogen-bond acceptors (Lipinski definition) is 5. The molecule has 0 atom stereocenters. The summed E-state index contributed by atoms with van der Waals surface area (Å²) in [7, 11) is -0.372. The quantitative estimate of drug-likeness (QED) is 0.504. The van der Waals surface area contributed by atoms with E-state index in [1.165, 1.54) is 23.9 Å². The molecule has 0 radical (unpaired) electrons. The Balaban J connectivity index is 1.63. The average Bonchev–Trinajstić information content (AvgIpc) is 3.15. The lowest BCUT2D eigenvalue weighted by Crippen LogP contribution is -2.36. The Bertz CT molecular complexity index is 1230. The average molecular weight is 486 g/mol. The minimum Gasteiger partial charge on any atom is -0.378 e. The molecule has 0 saturated carbocycles. The Morgan fingerprint density at radius 1 is 1.12 bits per heavy atom. The number of aromatic nitrogens is 2. The topological polar surface area (TPSA) is 79.7 Å². The van der Waals surface area contributed by atoms with Gasteiger partial charge in [-0.05, 0) is 47.2 Å². The van der Waals surface area contributed by atoms with E-state index in [0.717, 1.165) is 60.7 Å². The van der Waals surface area contributed by atoms with E-state index < -0.39 is 10.2 Å². The van der Waals surface area contributed by atoms with Gasteiger partial charge in [-0.2, -0.15) is 12.7 Å². The molecule has 184 valence electrons. The van der Waals surface area contributed by atoms with Crippen LogP contribution in [0, 0.1) is 5.92 Å². The smallest absolute Gasteiger partial charge is 0.278 e. The normalized spacial score (nSPS) is 15.1. The standard InChI is InChI=1S/C25H35N5O3S/c1-19(2)17-30-18-22(8-10-27-34(31,32)28(3)4)23-6-5-20(15-24(23)30)21-7-9-26-25(16-21)29-11-13-33-14-12-29/h5-7,9,15-16,18-19,27H,8,10-14,17H2,1-4H3. The molecule has 0 aliphatic carbocycles. The molecule has 2 aromatic heterocycles. The van der Waals surface area contributed by atoms with Gasteiger partial charge in [-0.3, -0.25) is 0 Å². The van der Waals surface area contributed by atoms with E-state index in [1.54, 1.807) is 0 Å². The van der Waals surface area contributed by atoms with Gasteiger partial charge >= 0.3 is 0 Å². The molecule has 0 bridgehead atoms. The molecule has 0 amide bonds. The van der Waals surface area contributed by atoms with Crippen LogP contribution in [0.1, 0.15) is 19.4 Å². The number of morpholine rings is 1. The number of pyridine rings is 1. The lowest BCUT2D eigenvalue weighted by Gasteiger charge is -2.28. The molecule has 3 aromatic rings. The largest absolute Gasteiger partial charge is 0.378 e. The first-order valence-corrected chi connectivity index (χ1v) is 13.3. The minimum absolute atomic E-state index is 0.357. The van der Waals surface area contributed by atoms with Gasteiger partial charge in [0.05, 0.1) is 13.2 Å². The van der Waals surface area contributed by atoms with Crippen molar-refractivity contribution in [2.24, 2.45) is 5.92 Å². The molecule has 9 heteroatoms. The first kappa shape index (κ1) is 24.7. The van der Waals surface area contributed by atoms with Crippen molar-refractivity contribution in [3.63, 3.8) is 0 Å². The second kappa shape index (κ2) is 10.4. The second-order valence-electron chi connectivity index (χ2n) is 9.37. The third-order valence-electron chi connectivity index (χ3n) is 6.10. The molecule has 4 rings (SSSR count). The molecule has 1 N–H and O–H groups in total. The van der Waals surface area contributed by atoms with Crippen LogP contribution in [0.4, 0.5) is 5.82 Å². The van der Waals surface area contributed by atoms with Crippen LogP contribution < -0.4 is 9.62 Å². The molecule has 1 aliphatic rings. The predicted octanol–water partition coefficient (Wildman–Crippen LogP) is 3.13. The summed E-state index contributed by atoms with van der Waals surface area (Å²) < 4.78 is 35.8. The predicted molar refractivity (Wildman–Crippen MR) is 137 cm³/mol. The molecule has 1 fully saturated rings. The zero-order valence-corrected chi connectivity index (χ0v) is 21.3. The zero-order valence-electron chi connectivity index (χ0n) is 20.5. The number of rotatable bonds is 9. The van der Waals surface area contributed by atoms with E-state index in [1.807, 2.05) is 6.20 Å². The van der Waals surface area contributed by atoms with Crippen LogP contribution in [-0.2, 0) is 27.9 Å². The minimum atomic E-state index is -3.43. The summed E-state index contributed by atoms with van der Waals surface area (Å²) in [6.07, 6.45) is 4.67. The third-order valence-corrected chi connectivity index (χ3v) is 7.63. The number of nitrogens with one attached hydrogen (secondary N) is 1. The second-order valence-corrected chi connectivity index (χ2v) is 11.3. The van der Waals surface area contributed by atoms with Crippen molar-refractivity contribution in [2.75, 3.05) is 51.8 Å². The summed E-state index contributed by atoms with van der Waals surface area (Å²) >= 11 is 0. The van der Waals surface area contributed by atoms with Gasteiger partial charge < -0.3 is 14.2 Å². The fourth-order valence-corrected chi connectivity index (χ4v) is 4.92. The summed E-state index contributed by atoms with van der Waals surface area (Å²) in [5.41, 5.74) is 4.59. The number of nitrogens with zero attached hydrogens (tertiary/aromatic N) is 4. The van der Waals surface area contributed by atoms with E-state index >= 15 is 0 Å². The molecule has 3 heterocycles. The number of hydrogen-bond donors (Lipinski definition) is 1. The van der Waals surface area contributed by atoms with E-state index in [-0.39, 0.29) is 0 Å². The van der Waals surface area contributed by atoms with Gasteiger partial charge in [-0.25, -0.2) is 9.71 Å². The molecule has 1 aliphatic heterocycles. The van der Waals surface area contributed by atoms with E-state index in [9.17, 15) is 8.42 Å². The molecule has 1 aromatic carbocycles. The fraction of sp³-hybridized carbons (Fsp3) is 0.480. The van der Waals surface area contributed by atoms with Crippen molar-refractivity contribution >= 4 is 26.9 Å². The van der Waals surface area contributed by atoms with Gasteiger partial charge in [0.2, 0.25) is 0 Å². The van der Waals surface area contributed by atoms with Crippen LogP contribution in [0.2, 0.25) is 0 Å². The van der Waals surface area contributed by atoms with Crippen molar-refractivity contribution in [1.82, 2.24) is 18.6 Å². The number of fused-ring (bicyclic) bond motifs is 1. The first-order valence-electron chi connectivity index (χ1n) is 11.8. The van der Waals surface area contributed by atoms with E-state index in [4.69, 9.17) is 4.74 Å².